The van der Waals surface area contributed by atoms with E-state index in [1.54, 1.807) is 7.11 Å². The SMILES string of the molecule is COCCCNC(=O)CN1CCC[C@H]1c1ccc2c(c1)OCCO2. The van der Waals surface area contributed by atoms with E-state index < -0.39 is 0 Å². The maximum atomic E-state index is 12.1. The summed E-state index contributed by atoms with van der Waals surface area (Å²) in [5.41, 5.74) is 1.20. The first-order valence-corrected chi connectivity index (χ1v) is 8.67. The van der Waals surface area contributed by atoms with E-state index in [-0.39, 0.29) is 11.9 Å². The largest absolute Gasteiger partial charge is 0.486 e. The fourth-order valence-corrected chi connectivity index (χ4v) is 3.34. The molecule has 0 unspecified atom stereocenters. The van der Waals surface area contributed by atoms with Crippen molar-refractivity contribution in [3.63, 3.8) is 0 Å². The van der Waals surface area contributed by atoms with E-state index in [0.29, 0.717) is 32.9 Å². The van der Waals surface area contributed by atoms with Crippen LogP contribution in [-0.4, -0.2) is 57.4 Å². The standard InChI is InChI=1S/C18H26N2O4/c1-22-9-3-7-19-18(21)13-20-8-2-4-15(20)14-5-6-16-17(12-14)24-11-10-23-16/h5-6,12,15H,2-4,7-11,13H2,1H3,(H,19,21)/t15-/m0/s1. The predicted octanol–water partition coefficient (Wildman–Crippen LogP) is 1.75. The molecule has 0 bridgehead atoms. The summed E-state index contributed by atoms with van der Waals surface area (Å²) < 4.78 is 16.3. The molecule has 1 saturated heterocycles. The number of amides is 1. The third-order valence-corrected chi connectivity index (χ3v) is 4.51. The third kappa shape index (κ3) is 4.19. The summed E-state index contributed by atoms with van der Waals surface area (Å²) in [6.45, 7) is 3.91. The van der Waals surface area contributed by atoms with Gasteiger partial charge in [0.05, 0.1) is 6.54 Å². The summed E-state index contributed by atoms with van der Waals surface area (Å²) >= 11 is 0. The van der Waals surface area contributed by atoms with Crippen molar-refractivity contribution < 1.29 is 19.0 Å². The van der Waals surface area contributed by atoms with Crippen LogP contribution in [0.2, 0.25) is 0 Å². The Balaban J connectivity index is 1.58. The van der Waals surface area contributed by atoms with Gasteiger partial charge in [0, 0.05) is 26.3 Å². The van der Waals surface area contributed by atoms with Crippen molar-refractivity contribution >= 4 is 5.91 Å². The highest BCUT2D eigenvalue weighted by atomic mass is 16.6. The van der Waals surface area contributed by atoms with Crippen molar-refractivity contribution in [3.05, 3.63) is 23.8 Å². The molecule has 6 heteroatoms. The zero-order valence-corrected chi connectivity index (χ0v) is 14.3. The van der Waals surface area contributed by atoms with Crippen LogP contribution < -0.4 is 14.8 Å². The smallest absolute Gasteiger partial charge is 0.234 e. The molecule has 1 aromatic rings. The van der Waals surface area contributed by atoms with Crippen molar-refractivity contribution in [3.8, 4) is 11.5 Å². The second-order valence-electron chi connectivity index (χ2n) is 6.23. The second kappa shape index (κ2) is 8.35. The van der Waals surface area contributed by atoms with Gasteiger partial charge in [-0.1, -0.05) is 6.07 Å². The highest BCUT2D eigenvalue weighted by Crippen LogP contribution is 2.37. The Morgan fingerprint density at radius 1 is 1.33 bits per heavy atom. The van der Waals surface area contributed by atoms with Gasteiger partial charge in [0.15, 0.2) is 11.5 Å². The molecule has 3 rings (SSSR count). The van der Waals surface area contributed by atoms with Crippen LogP contribution in [-0.2, 0) is 9.53 Å². The van der Waals surface area contributed by atoms with Crippen LogP contribution in [0.3, 0.4) is 0 Å². The lowest BCUT2D eigenvalue weighted by molar-refractivity contribution is -0.122. The van der Waals surface area contributed by atoms with Gasteiger partial charge in [-0.05, 0) is 43.5 Å². The predicted molar refractivity (Wildman–Crippen MR) is 90.5 cm³/mol. The van der Waals surface area contributed by atoms with Gasteiger partial charge in [-0.3, -0.25) is 9.69 Å². The summed E-state index contributed by atoms with van der Waals surface area (Å²) in [5, 5.41) is 2.96. The van der Waals surface area contributed by atoms with Gasteiger partial charge < -0.3 is 19.5 Å². The second-order valence-corrected chi connectivity index (χ2v) is 6.23. The summed E-state index contributed by atoms with van der Waals surface area (Å²) in [6.07, 6.45) is 3.01. The van der Waals surface area contributed by atoms with E-state index in [2.05, 4.69) is 22.3 Å². The van der Waals surface area contributed by atoms with E-state index in [1.807, 2.05) is 6.07 Å². The van der Waals surface area contributed by atoms with Crippen LogP contribution in [0.15, 0.2) is 18.2 Å². The molecule has 1 amide bonds. The number of rotatable bonds is 7. The van der Waals surface area contributed by atoms with Crippen molar-refractivity contribution in [2.24, 2.45) is 0 Å². The molecule has 2 aliphatic heterocycles. The zero-order valence-electron chi connectivity index (χ0n) is 14.3. The van der Waals surface area contributed by atoms with E-state index in [9.17, 15) is 4.79 Å². The number of fused-ring (bicyclic) bond motifs is 1. The average molecular weight is 334 g/mol. The lowest BCUT2D eigenvalue weighted by Crippen LogP contribution is -2.37. The molecule has 1 atom stereocenters. The van der Waals surface area contributed by atoms with Gasteiger partial charge in [0.1, 0.15) is 13.2 Å². The van der Waals surface area contributed by atoms with Crippen molar-refractivity contribution in [1.82, 2.24) is 10.2 Å². The van der Waals surface area contributed by atoms with E-state index in [0.717, 1.165) is 37.3 Å². The molecule has 0 aliphatic carbocycles. The van der Waals surface area contributed by atoms with Gasteiger partial charge in [-0.2, -0.15) is 0 Å². The number of hydrogen-bond acceptors (Lipinski definition) is 5. The minimum atomic E-state index is 0.0792. The van der Waals surface area contributed by atoms with Gasteiger partial charge in [-0.25, -0.2) is 0 Å². The number of likely N-dealkylation sites (tertiary alicyclic amines) is 1. The molecule has 6 nitrogen and oxygen atoms in total. The fraction of sp³-hybridized carbons (Fsp3) is 0.611. The van der Waals surface area contributed by atoms with Crippen LogP contribution in [0.1, 0.15) is 30.9 Å². The zero-order chi connectivity index (χ0) is 16.8. The molecule has 2 heterocycles. The van der Waals surface area contributed by atoms with Crippen molar-refractivity contribution in [2.75, 3.05) is 46.6 Å². The lowest BCUT2D eigenvalue weighted by Gasteiger charge is -2.26. The number of ether oxygens (including phenoxy) is 3. The molecule has 0 saturated carbocycles. The van der Waals surface area contributed by atoms with Crippen LogP contribution in [0, 0.1) is 0 Å². The molecule has 24 heavy (non-hydrogen) atoms. The highest BCUT2D eigenvalue weighted by molar-refractivity contribution is 5.78. The minimum absolute atomic E-state index is 0.0792. The van der Waals surface area contributed by atoms with Crippen LogP contribution >= 0.6 is 0 Å². The Hall–Kier alpha value is -1.79. The normalized spacial score (nSPS) is 20.1. The Bertz CT molecular complexity index is 564. The van der Waals surface area contributed by atoms with Gasteiger partial charge in [0.2, 0.25) is 5.91 Å². The molecule has 1 aromatic carbocycles. The first kappa shape index (κ1) is 17.0. The maximum absolute atomic E-state index is 12.1. The number of carbonyl (C=O) groups excluding carboxylic acids is 1. The molecule has 0 radical (unpaired) electrons. The van der Waals surface area contributed by atoms with Crippen molar-refractivity contribution in [1.29, 1.82) is 0 Å². The highest BCUT2D eigenvalue weighted by Gasteiger charge is 2.28. The topological polar surface area (TPSA) is 60.0 Å². The number of carbonyl (C=O) groups is 1. The molecular weight excluding hydrogens is 308 g/mol. The van der Waals surface area contributed by atoms with Gasteiger partial charge in [-0.15, -0.1) is 0 Å². The van der Waals surface area contributed by atoms with Gasteiger partial charge in [0.25, 0.3) is 0 Å². The Labute approximate surface area is 143 Å². The summed E-state index contributed by atoms with van der Waals surface area (Å²) in [5.74, 6) is 1.70. The molecule has 2 aliphatic rings. The Kier molecular flexibility index (Phi) is 5.93. The van der Waals surface area contributed by atoms with E-state index >= 15 is 0 Å². The number of methoxy groups -OCH3 is 1. The maximum Gasteiger partial charge on any atom is 0.234 e. The van der Waals surface area contributed by atoms with E-state index in [4.69, 9.17) is 14.2 Å². The van der Waals surface area contributed by atoms with Crippen molar-refractivity contribution in [2.45, 2.75) is 25.3 Å². The monoisotopic (exact) mass is 334 g/mol. The van der Waals surface area contributed by atoms with Gasteiger partial charge >= 0.3 is 0 Å². The van der Waals surface area contributed by atoms with Crippen LogP contribution in [0.25, 0.3) is 0 Å². The molecule has 1 N–H and O–H groups in total. The van der Waals surface area contributed by atoms with E-state index in [1.165, 1.54) is 5.56 Å². The molecule has 0 aromatic heterocycles. The summed E-state index contributed by atoms with van der Waals surface area (Å²) in [7, 11) is 1.67. The fourth-order valence-electron chi connectivity index (χ4n) is 3.34. The number of nitrogens with one attached hydrogen (secondary N) is 1. The Morgan fingerprint density at radius 2 is 2.17 bits per heavy atom. The molecule has 1 fully saturated rings. The average Bonchev–Trinajstić information content (AvgIpc) is 3.06. The third-order valence-electron chi connectivity index (χ3n) is 4.51. The van der Waals surface area contributed by atoms with Crippen LogP contribution in [0.5, 0.6) is 11.5 Å². The molecule has 0 spiro atoms. The number of benzene rings is 1. The quantitative estimate of drug-likeness (QED) is 0.770. The molecule has 132 valence electrons. The van der Waals surface area contributed by atoms with Crippen LogP contribution in [0.4, 0.5) is 0 Å². The minimum Gasteiger partial charge on any atom is -0.486 e. The molecular formula is C18H26N2O4. The number of hydrogen-bond donors (Lipinski definition) is 1. The first-order valence-electron chi connectivity index (χ1n) is 8.67. The lowest BCUT2D eigenvalue weighted by atomic mass is 10.0. The Morgan fingerprint density at radius 3 is 3.00 bits per heavy atom. The summed E-state index contributed by atoms with van der Waals surface area (Å²) in [4.78, 5) is 14.4. The summed E-state index contributed by atoms with van der Waals surface area (Å²) in [6, 6.07) is 6.40. The first-order chi connectivity index (χ1) is 11.8. The number of nitrogens with zero attached hydrogens (tertiary/aromatic N) is 1.